The first-order valence-corrected chi connectivity index (χ1v) is 6.79. The summed E-state index contributed by atoms with van der Waals surface area (Å²) in [6.07, 6.45) is 0.379. The Morgan fingerprint density at radius 3 is 2.43 bits per heavy atom. The van der Waals surface area contributed by atoms with Crippen LogP contribution in [0.2, 0.25) is 0 Å². The minimum absolute atomic E-state index is 0.260. The van der Waals surface area contributed by atoms with Gasteiger partial charge in [0.1, 0.15) is 5.54 Å². The molecule has 0 aliphatic rings. The molecule has 1 atom stereocenters. The van der Waals surface area contributed by atoms with Crippen molar-refractivity contribution in [2.45, 2.75) is 25.8 Å². The minimum atomic E-state index is -1.07. The van der Waals surface area contributed by atoms with Gasteiger partial charge in [0.05, 0.1) is 7.11 Å². The van der Waals surface area contributed by atoms with Gasteiger partial charge in [-0.1, -0.05) is 42.5 Å². The summed E-state index contributed by atoms with van der Waals surface area (Å²) in [6, 6.07) is 14.0. The van der Waals surface area contributed by atoms with Gasteiger partial charge in [-0.25, -0.2) is 4.79 Å². The molecule has 0 spiro atoms. The van der Waals surface area contributed by atoms with Crippen LogP contribution in [-0.4, -0.2) is 24.5 Å². The van der Waals surface area contributed by atoms with E-state index in [4.69, 9.17) is 4.74 Å². The highest BCUT2D eigenvalue weighted by molar-refractivity contribution is 5.88. The summed E-state index contributed by atoms with van der Waals surface area (Å²) in [4.78, 5) is 23.4. The second-order valence-corrected chi connectivity index (χ2v) is 5.36. The van der Waals surface area contributed by atoms with Gasteiger partial charge in [-0.2, -0.15) is 0 Å². The Morgan fingerprint density at radius 2 is 1.81 bits per heavy atom. The zero-order valence-electron chi connectivity index (χ0n) is 12.5. The Balaban J connectivity index is 2.33. The molecule has 4 nitrogen and oxygen atoms in total. The van der Waals surface area contributed by atoms with E-state index in [1.807, 2.05) is 42.5 Å². The summed E-state index contributed by atoms with van der Waals surface area (Å²) in [7, 11) is 1.32. The Bertz CT molecular complexity index is 681. The second-order valence-electron chi connectivity index (χ2n) is 5.36. The maximum Gasteiger partial charge on any atom is 0.331 e. The monoisotopic (exact) mass is 285 g/mol. The molecule has 0 aliphatic heterocycles. The molecule has 110 valence electrons. The van der Waals surface area contributed by atoms with E-state index in [9.17, 15) is 9.59 Å². The van der Waals surface area contributed by atoms with E-state index in [0.29, 0.717) is 6.42 Å². The van der Waals surface area contributed by atoms with Gasteiger partial charge in [0, 0.05) is 13.3 Å². The normalized spacial score (nSPS) is 13.5. The van der Waals surface area contributed by atoms with E-state index in [2.05, 4.69) is 5.32 Å². The number of ether oxygens (including phenoxy) is 1. The van der Waals surface area contributed by atoms with Gasteiger partial charge in [0.25, 0.3) is 0 Å². The highest BCUT2D eigenvalue weighted by Gasteiger charge is 2.35. The van der Waals surface area contributed by atoms with Crippen molar-refractivity contribution in [2.24, 2.45) is 0 Å². The number of methoxy groups -OCH3 is 1. The van der Waals surface area contributed by atoms with E-state index in [1.54, 1.807) is 6.92 Å². The number of amides is 1. The fourth-order valence-electron chi connectivity index (χ4n) is 2.54. The Hall–Kier alpha value is -2.36. The molecule has 0 saturated heterocycles. The van der Waals surface area contributed by atoms with Gasteiger partial charge in [-0.3, -0.25) is 4.79 Å². The third-order valence-electron chi connectivity index (χ3n) is 3.46. The number of esters is 1. The van der Waals surface area contributed by atoms with Gasteiger partial charge in [-0.15, -0.1) is 0 Å². The lowest BCUT2D eigenvalue weighted by molar-refractivity contribution is -0.149. The number of hydrogen-bond donors (Lipinski definition) is 1. The Morgan fingerprint density at radius 1 is 1.14 bits per heavy atom. The Labute approximate surface area is 124 Å². The van der Waals surface area contributed by atoms with Crippen LogP contribution in [0.5, 0.6) is 0 Å². The molecule has 2 aromatic carbocycles. The lowest BCUT2D eigenvalue weighted by Crippen LogP contribution is -2.53. The standard InChI is InChI=1S/C17H19NO3/c1-12(19)18-17(2,16(20)21-3)11-13-8-9-14-6-4-5-7-15(14)10-13/h4-10H,11H2,1-3H3,(H,18,19)/t17-/m1/s1. The number of fused-ring (bicyclic) bond motifs is 1. The molecule has 21 heavy (non-hydrogen) atoms. The van der Waals surface area contributed by atoms with Crippen molar-refractivity contribution in [3.05, 3.63) is 48.0 Å². The first kappa shape index (κ1) is 15.0. The van der Waals surface area contributed by atoms with Crippen molar-refractivity contribution in [2.75, 3.05) is 7.11 Å². The van der Waals surface area contributed by atoms with Gasteiger partial charge in [-0.05, 0) is 23.3 Å². The molecule has 0 aromatic heterocycles. The SMILES string of the molecule is COC(=O)[C@@](C)(Cc1ccc2ccccc2c1)NC(C)=O. The van der Waals surface area contributed by atoms with Gasteiger partial charge in [0.15, 0.2) is 0 Å². The largest absolute Gasteiger partial charge is 0.467 e. The third kappa shape index (κ3) is 3.40. The minimum Gasteiger partial charge on any atom is -0.467 e. The average molecular weight is 285 g/mol. The number of carbonyl (C=O) groups is 2. The highest BCUT2D eigenvalue weighted by atomic mass is 16.5. The van der Waals surface area contributed by atoms with Crippen LogP contribution in [0.25, 0.3) is 10.8 Å². The van der Waals surface area contributed by atoms with E-state index >= 15 is 0 Å². The first-order valence-electron chi connectivity index (χ1n) is 6.79. The number of hydrogen-bond acceptors (Lipinski definition) is 3. The Kier molecular flexibility index (Phi) is 4.26. The zero-order chi connectivity index (χ0) is 15.5. The van der Waals surface area contributed by atoms with Crippen molar-refractivity contribution in [3.8, 4) is 0 Å². The van der Waals surface area contributed by atoms with E-state index in [0.717, 1.165) is 16.3 Å². The van der Waals surface area contributed by atoms with Crippen LogP contribution in [0.15, 0.2) is 42.5 Å². The molecule has 4 heteroatoms. The zero-order valence-corrected chi connectivity index (χ0v) is 12.5. The molecular weight excluding hydrogens is 266 g/mol. The van der Waals surface area contributed by atoms with E-state index in [-0.39, 0.29) is 5.91 Å². The molecular formula is C17H19NO3. The number of nitrogens with one attached hydrogen (secondary N) is 1. The molecule has 1 N–H and O–H groups in total. The van der Waals surface area contributed by atoms with Crippen LogP contribution >= 0.6 is 0 Å². The fraction of sp³-hybridized carbons (Fsp3) is 0.294. The molecule has 0 heterocycles. The predicted molar refractivity (Wildman–Crippen MR) is 81.9 cm³/mol. The lowest BCUT2D eigenvalue weighted by atomic mass is 9.91. The number of benzene rings is 2. The van der Waals surface area contributed by atoms with Crippen molar-refractivity contribution in [3.63, 3.8) is 0 Å². The predicted octanol–water partition coefficient (Wildman–Crippen LogP) is 2.45. The molecule has 2 aromatic rings. The summed E-state index contributed by atoms with van der Waals surface area (Å²) >= 11 is 0. The summed E-state index contributed by atoms with van der Waals surface area (Å²) in [5, 5.41) is 4.93. The number of carbonyl (C=O) groups excluding carboxylic acids is 2. The lowest BCUT2D eigenvalue weighted by Gasteiger charge is -2.27. The smallest absolute Gasteiger partial charge is 0.331 e. The first-order chi connectivity index (χ1) is 9.94. The van der Waals surface area contributed by atoms with Crippen LogP contribution in [0.1, 0.15) is 19.4 Å². The quantitative estimate of drug-likeness (QED) is 0.878. The van der Waals surface area contributed by atoms with Crippen molar-refractivity contribution in [1.29, 1.82) is 0 Å². The van der Waals surface area contributed by atoms with E-state index in [1.165, 1.54) is 14.0 Å². The second kappa shape index (κ2) is 5.95. The van der Waals surface area contributed by atoms with Crippen molar-refractivity contribution in [1.82, 2.24) is 5.32 Å². The average Bonchev–Trinajstić information content (AvgIpc) is 2.45. The van der Waals surface area contributed by atoms with Crippen LogP contribution in [0.4, 0.5) is 0 Å². The third-order valence-corrected chi connectivity index (χ3v) is 3.46. The summed E-state index contributed by atoms with van der Waals surface area (Å²) in [6.45, 7) is 3.07. The summed E-state index contributed by atoms with van der Waals surface area (Å²) < 4.78 is 4.82. The summed E-state index contributed by atoms with van der Waals surface area (Å²) in [5.74, 6) is -0.713. The molecule has 2 rings (SSSR count). The van der Waals surface area contributed by atoms with Gasteiger partial charge < -0.3 is 10.1 Å². The van der Waals surface area contributed by atoms with Gasteiger partial charge >= 0.3 is 5.97 Å². The van der Waals surface area contributed by atoms with Crippen molar-refractivity contribution < 1.29 is 14.3 Å². The molecule has 0 fully saturated rings. The van der Waals surface area contributed by atoms with E-state index < -0.39 is 11.5 Å². The maximum atomic E-state index is 12.0. The molecule has 0 aliphatic carbocycles. The molecule has 0 saturated carbocycles. The van der Waals surface area contributed by atoms with Crippen LogP contribution in [-0.2, 0) is 20.7 Å². The maximum absolute atomic E-state index is 12.0. The van der Waals surface area contributed by atoms with Crippen LogP contribution in [0.3, 0.4) is 0 Å². The highest BCUT2D eigenvalue weighted by Crippen LogP contribution is 2.20. The fourth-order valence-corrected chi connectivity index (χ4v) is 2.54. The van der Waals surface area contributed by atoms with Crippen LogP contribution < -0.4 is 5.32 Å². The van der Waals surface area contributed by atoms with Crippen LogP contribution in [0, 0.1) is 0 Å². The van der Waals surface area contributed by atoms with Crippen molar-refractivity contribution >= 4 is 22.6 Å². The molecule has 0 bridgehead atoms. The molecule has 0 radical (unpaired) electrons. The topological polar surface area (TPSA) is 55.4 Å². The summed E-state index contributed by atoms with van der Waals surface area (Å²) in [5.41, 5.74) is -0.0985. The molecule has 0 unspecified atom stereocenters. The molecule has 1 amide bonds. The van der Waals surface area contributed by atoms with Gasteiger partial charge in [0.2, 0.25) is 5.91 Å². The number of rotatable bonds is 4.